The number of aromatic nitrogens is 3. The molecule has 0 N–H and O–H groups in total. The molecule has 2 aliphatic rings. The van der Waals surface area contributed by atoms with Gasteiger partial charge in [0.25, 0.3) is 0 Å². The Labute approximate surface area is 224 Å². The van der Waals surface area contributed by atoms with E-state index >= 15 is 0 Å². The predicted octanol–water partition coefficient (Wildman–Crippen LogP) is 5.36. The number of sulfonamides is 1. The SMILES string of the molecule is Cc1cc2c(cnn2-c2ccc(F)cc2)cc1C12CN(S(=O)(=O)c3cncc(F)c3)CC1C2c1ccccc1. The first-order valence-corrected chi connectivity index (χ1v) is 14.1. The predicted molar refractivity (Wildman–Crippen MR) is 143 cm³/mol. The fourth-order valence-electron chi connectivity index (χ4n) is 6.55. The molecule has 3 atom stereocenters. The number of halogens is 2. The van der Waals surface area contributed by atoms with E-state index in [1.165, 1.54) is 28.2 Å². The van der Waals surface area contributed by atoms with Crippen LogP contribution >= 0.6 is 0 Å². The number of pyridine rings is 1. The van der Waals surface area contributed by atoms with Gasteiger partial charge in [-0.25, -0.2) is 21.9 Å². The highest BCUT2D eigenvalue weighted by Crippen LogP contribution is 2.70. The zero-order valence-electron chi connectivity index (χ0n) is 21.0. The van der Waals surface area contributed by atoms with E-state index in [0.717, 1.165) is 40.0 Å². The van der Waals surface area contributed by atoms with Crippen LogP contribution in [0.3, 0.4) is 0 Å². The van der Waals surface area contributed by atoms with Crippen molar-refractivity contribution >= 4 is 20.9 Å². The summed E-state index contributed by atoms with van der Waals surface area (Å²) < 4.78 is 57.7. The summed E-state index contributed by atoms with van der Waals surface area (Å²) >= 11 is 0. The molecule has 6 nitrogen and oxygen atoms in total. The molecule has 0 amide bonds. The van der Waals surface area contributed by atoms with Crippen molar-refractivity contribution in [2.75, 3.05) is 13.1 Å². The lowest BCUT2D eigenvalue weighted by molar-refractivity contribution is 0.420. The lowest BCUT2D eigenvalue weighted by Crippen LogP contribution is -2.34. The summed E-state index contributed by atoms with van der Waals surface area (Å²) in [5.41, 5.74) is 4.51. The normalized spacial score (nSPS) is 22.7. The molecule has 5 aromatic rings. The molecule has 39 heavy (non-hydrogen) atoms. The van der Waals surface area contributed by atoms with Crippen molar-refractivity contribution in [2.24, 2.45) is 5.92 Å². The molecule has 3 aromatic carbocycles. The Hall–Kier alpha value is -3.95. The lowest BCUT2D eigenvalue weighted by atomic mass is 9.87. The van der Waals surface area contributed by atoms with Crippen molar-refractivity contribution in [1.82, 2.24) is 19.1 Å². The molecule has 2 aromatic heterocycles. The molecule has 0 spiro atoms. The number of hydrogen-bond acceptors (Lipinski definition) is 4. The average Bonchev–Trinajstić information content (AvgIpc) is 3.19. The van der Waals surface area contributed by atoms with Gasteiger partial charge in [0.2, 0.25) is 10.0 Å². The van der Waals surface area contributed by atoms with Gasteiger partial charge in [0.05, 0.1) is 23.6 Å². The van der Waals surface area contributed by atoms with E-state index in [0.29, 0.717) is 6.54 Å². The maximum atomic E-state index is 13.9. The third-order valence-corrected chi connectivity index (χ3v) is 10.1. The van der Waals surface area contributed by atoms with Crippen LogP contribution in [0, 0.1) is 24.5 Å². The minimum atomic E-state index is -3.92. The van der Waals surface area contributed by atoms with E-state index in [2.05, 4.69) is 34.3 Å². The maximum absolute atomic E-state index is 13.9. The second-order valence-corrected chi connectivity index (χ2v) is 12.4. The monoisotopic (exact) mass is 542 g/mol. The molecule has 2 fully saturated rings. The van der Waals surface area contributed by atoms with E-state index in [4.69, 9.17) is 0 Å². The molecule has 1 saturated carbocycles. The number of fused-ring (bicyclic) bond motifs is 2. The van der Waals surface area contributed by atoms with Crippen molar-refractivity contribution in [3.63, 3.8) is 0 Å². The van der Waals surface area contributed by atoms with Gasteiger partial charge in [-0.2, -0.15) is 9.40 Å². The Morgan fingerprint density at radius 1 is 0.923 bits per heavy atom. The van der Waals surface area contributed by atoms with E-state index < -0.39 is 21.3 Å². The van der Waals surface area contributed by atoms with E-state index in [1.54, 1.807) is 23.0 Å². The third-order valence-electron chi connectivity index (χ3n) is 8.31. The summed E-state index contributed by atoms with van der Waals surface area (Å²) in [6, 6.07) is 21.6. The van der Waals surface area contributed by atoms with Crippen LogP contribution in [0.5, 0.6) is 0 Å². The van der Waals surface area contributed by atoms with E-state index in [-0.39, 0.29) is 29.1 Å². The van der Waals surface area contributed by atoms with Gasteiger partial charge in [0.1, 0.15) is 16.5 Å². The number of hydrogen-bond donors (Lipinski definition) is 0. The van der Waals surface area contributed by atoms with Crippen molar-refractivity contribution < 1.29 is 17.2 Å². The number of rotatable bonds is 5. The molecule has 7 rings (SSSR count). The van der Waals surface area contributed by atoms with Crippen LogP contribution in [-0.2, 0) is 15.4 Å². The first-order chi connectivity index (χ1) is 18.8. The van der Waals surface area contributed by atoms with Crippen LogP contribution in [0.15, 0.2) is 96.3 Å². The Kier molecular flexibility index (Phi) is 5.27. The van der Waals surface area contributed by atoms with Crippen LogP contribution in [-0.4, -0.2) is 40.6 Å². The zero-order valence-corrected chi connectivity index (χ0v) is 21.8. The van der Waals surface area contributed by atoms with Crippen LogP contribution in [0.2, 0.25) is 0 Å². The Bertz CT molecular complexity index is 1840. The van der Waals surface area contributed by atoms with Gasteiger partial charge in [-0.05, 0) is 72.0 Å². The molecule has 0 radical (unpaired) electrons. The van der Waals surface area contributed by atoms with Gasteiger partial charge >= 0.3 is 0 Å². The zero-order chi connectivity index (χ0) is 26.9. The second-order valence-electron chi connectivity index (χ2n) is 10.4. The molecule has 1 aliphatic heterocycles. The van der Waals surface area contributed by atoms with Crippen LogP contribution in [0.4, 0.5) is 8.78 Å². The largest absolute Gasteiger partial charge is 0.260 e. The highest BCUT2D eigenvalue weighted by Gasteiger charge is 2.71. The molecular weight excluding hydrogens is 518 g/mol. The van der Waals surface area contributed by atoms with Gasteiger partial charge in [0, 0.05) is 36.0 Å². The second kappa shape index (κ2) is 8.53. The molecule has 0 bridgehead atoms. The Balaban J connectivity index is 1.33. The molecule has 3 unspecified atom stereocenters. The van der Waals surface area contributed by atoms with Crippen molar-refractivity contribution in [2.45, 2.75) is 23.2 Å². The Morgan fingerprint density at radius 2 is 1.69 bits per heavy atom. The number of nitrogens with zero attached hydrogens (tertiary/aromatic N) is 4. The number of aryl methyl sites for hydroxylation is 1. The highest BCUT2D eigenvalue weighted by atomic mass is 32.2. The van der Waals surface area contributed by atoms with E-state index in [9.17, 15) is 17.2 Å². The fourth-order valence-corrected chi connectivity index (χ4v) is 8.05. The summed E-state index contributed by atoms with van der Waals surface area (Å²) in [5.74, 6) is -0.774. The maximum Gasteiger partial charge on any atom is 0.244 e. The molecule has 1 saturated heterocycles. The third kappa shape index (κ3) is 3.64. The average molecular weight is 543 g/mol. The number of benzene rings is 3. The summed E-state index contributed by atoms with van der Waals surface area (Å²) in [6.45, 7) is 2.66. The van der Waals surface area contributed by atoms with Crippen LogP contribution in [0.1, 0.15) is 22.6 Å². The molecule has 1 aliphatic carbocycles. The van der Waals surface area contributed by atoms with Gasteiger partial charge in [-0.3, -0.25) is 4.98 Å². The topological polar surface area (TPSA) is 68.1 Å². The minimum Gasteiger partial charge on any atom is -0.260 e. The lowest BCUT2D eigenvalue weighted by Gasteiger charge is -2.25. The van der Waals surface area contributed by atoms with Crippen molar-refractivity contribution in [3.8, 4) is 5.69 Å². The molecule has 3 heterocycles. The number of piperidine rings is 1. The van der Waals surface area contributed by atoms with E-state index in [1.807, 2.05) is 25.1 Å². The van der Waals surface area contributed by atoms with Gasteiger partial charge < -0.3 is 0 Å². The first-order valence-electron chi connectivity index (χ1n) is 12.7. The van der Waals surface area contributed by atoms with Crippen LogP contribution in [0.25, 0.3) is 16.6 Å². The minimum absolute atomic E-state index is 0.0690. The highest BCUT2D eigenvalue weighted by molar-refractivity contribution is 7.89. The van der Waals surface area contributed by atoms with Crippen molar-refractivity contribution in [1.29, 1.82) is 0 Å². The summed E-state index contributed by atoms with van der Waals surface area (Å²) in [5, 5.41) is 5.48. The van der Waals surface area contributed by atoms with Gasteiger partial charge in [0.15, 0.2) is 0 Å². The van der Waals surface area contributed by atoms with Crippen molar-refractivity contribution in [3.05, 3.63) is 120 Å². The molecule has 9 heteroatoms. The Morgan fingerprint density at radius 3 is 2.44 bits per heavy atom. The standard InChI is InChI=1S/C30H24F2N4O2S/c1-19-11-28-21(14-34-36(28)24-9-7-22(31)8-10-24)12-26(19)30-18-35(39(37,38)25-13-23(32)15-33-16-25)17-27(30)29(30)20-5-3-2-4-6-20/h2-16,27,29H,17-18H2,1H3. The van der Waals surface area contributed by atoms with Gasteiger partial charge in [-0.15, -0.1) is 0 Å². The smallest absolute Gasteiger partial charge is 0.244 e. The summed E-state index contributed by atoms with van der Waals surface area (Å²) in [7, 11) is -3.92. The quantitative estimate of drug-likeness (QED) is 0.300. The summed E-state index contributed by atoms with van der Waals surface area (Å²) in [6.07, 6.45) is 3.98. The molecule has 196 valence electrons. The fraction of sp³-hybridized carbons (Fsp3) is 0.200. The van der Waals surface area contributed by atoms with Crippen LogP contribution < -0.4 is 0 Å². The molecular formula is C30H24F2N4O2S. The summed E-state index contributed by atoms with van der Waals surface area (Å²) in [4.78, 5) is 3.62. The van der Waals surface area contributed by atoms with Gasteiger partial charge in [-0.1, -0.05) is 30.3 Å². The first kappa shape index (κ1) is 24.1.